The first kappa shape index (κ1) is 10.1. The van der Waals surface area contributed by atoms with Gasteiger partial charge in [0.15, 0.2) is 0 Å². The fourth-order valence-corrected chi connectivity index (χ4v) is 2.54. The fourth-order valence-electron chi connectivity index (χ4n) is 2.54. The Morgan fingerprint density at radius 1 is 1.36 bits per heavy atom. The van der Waals surface area contributed by atoms with E-state index in [1.54, 1.807) is 0 Å². The Morgan fingerprint density at radius 3 is 2.86 bits per heavy atom. The van der Waals surface area contributed by atoms with Crippen molar-refractivity contribution in [2.45, 2.75) is 38.2 Å². The molecule has 2 aliphatic rings. The molecule has 80 valence electrons. The van der Waals surface area contributed by atoms with Crippen molar-refractivity contribution in [1.29, 1.82) is 0 Å². The molecular weight excluding hydrogens is 178 g/mol. The molecule has 1 saturated heterocycles. The van der Waals surface area contributed by atoms with Crippen molar-refractivity contribution in [3.05, 3.63) is 0 Å². The number of hydrogen-bond acceptors (Lipinski definition) is 3. The third-order valence-corrected chi connectivity index (χ3v) is 3.41. The first-order valence-electron chi connectivity index (χ1n) is 5.69. The van der Waals surface area contributed by atoms with Gasteiger partial charge in [-0.1, -0.05) is 6.42 Å². The van der Waals surface area contributed by atoms with Crippen LogP contribution in [0.1, 0.15) is 32.1 Å². The van der Waals surface area contributed by atoms with Crippen LogP contribution in [0.2, 0.25) is 0 Å². The van der Waals surface area contributed by atoms with Crippen LogP contribution < -0.4 is 0 Å². The Kier molecular flexibility index (Phi) is 3.19. The van der Waals surface area contributed by atoms with Gasteiger partial charge in [-0.3, -0.25) is 9.69 Å². The molecule has 2 unspecified atom stereocenters. The van der Waals surface area contributed by atoms with Gasteiger partial charge < -0.3 is 5.11 Å². The van der Waals surface area contributed by atoms with Crippen molar-refractivity contribution >= 4 is 5.78 Å². The molecule has 2 fully saturated rings. The Balaban J connectivity index is 1.81. The Bertz CT molecular complexity index is 217. The zero-order chi connectivity index (χ0) is 9.97. The van der Waals surface area contributed by atoms with Gasteiger partial charge >= 0.3 is 0 Å². The summed E-state index contributed by atoms with van der Waals surface area (Å²) in [4.78, 5) is 13.8. The summed E-state index contributed by atoms with van der Waals surface area (Å²) < 4.78 is 0. The van der Waals surface area contributed by atoms with Crippen molar-refractivity contribution in [3.8, 4) is 0 Å². The van der Waals surface area contributed by atoms with Crippen molar-refractivity contribution in [3.63, 3.8) is 0 Å². The second-order valence-corrected chi connectivity index (χ2v) is 4.61. The minimum absolute atomic E-state index is 0.159. The van der Waals surface area contributed by atoms with E-state index < -0.39 is 0 Å². The average molecular weight is 197 g/mol. The normalized spacial score (nSPS) is 35.1. The molecule has 1 heterocycles. The van der Waals surface area contributed by atoms with Crippen molar-refractivity contribution in [2.24, 2.45) is 5.92 Å². The fraction of sp³-hybridized carbons (Fsp3) is 0.909. The lowest BCUT2D eigenvalue weighted by Crippen LogP contribution is -2.33. The third kappa shape index (κ3) is 2.34. The molecule has 1 aliphatic heterocycles. The van der Waals surface area contributed by atoms with Crippen molar-refractivity contribution < 1.29 is 9.90 Å². The molecule has 0 bridgehead atoms. The average Bonchev–Trinajstić information content (AvgIpc) is 2.56. The van der Waals surface area contributed by atoms with Gasteiger partial charge in [0, 0.05) is 32.0 Å². The van der Waals surface area contributed by atoms with Crippen LogP contribution in [0.15, 0.2) is 0 Å². The number of carbonyl (C=O) groups excluding carboxylic acids is 1. The number of hydrogen-bond donors (Lipinski definition) is 1. The molecule has 0 aromatic heterocycles. The number of aliphatic hydroxyl groups is 1. The largest absolute Gasteiger partial charge is 0.392 e. The van der Waals surface area contributed by atoms with Gasteiger partial charge in [0.2, 0.25) is 0 Å². The Morgan fingerprint density at radius 2 is 2.21 bits per heavy atom. The van der Waals surface area contributed by atoms with Gasteiger partial charge in [0.1, 0.15) is 5.78 Å². The van der Waals surface area contributed by atoms with E-state index in [9.17, 15) is 9.90 Å². The first-order valence-corrected chi connectivity index (χ1v) is 5.69. The van der Waals surface area contributed by atoms with Crippen LogP contribution in [0.3, 0.4) is 0 Å². The summed E-state index contributed by atoms with van der Waals surface area (Å²) in [6.45, 7) is 2.62. The maximum absolute atomic E-state index is 11.6. The maximum Gasteiger partial charge on any atom is 0.137 e. The third-order valence-electron chi connectivity index (χ3n) is 3.41. The molecule has 0 aromatic rings. The minimum Gasteiger partial charge on any atom is -0.392 e. The van der Waals surface area contributed by atoms with Crippen LogP contribution in [0, 0.1) is 5.92 Å². The number of β-amino-alcohol motifs (C(OH)–C–C–N with tert-alkyl or cyclic N) is 1. The smallest absolute Gasteiger partial charge is 0.137 e. The zero-order valence-corrected chi connectivity index (χ0v) is 8.61. The highest BCUT2D eigenvalue weighted by Gasteiger charge is 2.27. The molecule has 0 amide bonds. The highest BCUT2D eigenvalue weighted by atomic mass is 16.3. The Hall–Kier alpha value is -0.410. The van der Waals surface area contributed by atoms with E-state index in [-0.39, 0.29) is 12.0 Å². The van der Waals surface area contributed by atoms with Crippen LogP contribution in [0.4, 0.5) is 0 Å². The zero-order valence-electron chi connectivity index (χ0n) is 8.61. The second-order valence-electron chi connectivity index (χ2n) is 4.61. The maximum atomic E-state index is 11.6. The number of nitrogens with zero attached hydrogens (tertiary/aromatic N) is 1. The lowest BCUT2D eigenvalue weighted by molar-refractivity contribution is -0.125. The predicted octanol–water partition coefficient (Wildman–Crippen LogP) is 0.812. The lowest BCUT2D eigenvalue weighted by atomic mass is 9.88. The van der Waals surface area contributed by atoms with Gasteiger partial charge in [-0.05, 0) is 19.3 Å². The van der Waals surface area contributed by atoms with Gasteiger partial charge in [0.25, 0.3) is 0 Å². The number of ketones is 1. The van der Waals surface area contributed by atoms with E-state index in [0.29, 0.717) is 5.78 Å². The summed E-state index contributed by atoms with van der Waals surface area (Å²) >= 11 is 0. The molecule has 3 nitrogen and oxygen atoms in total. The number of Topliss-reactive ketones (excluding diaryl/α,β-unsaturated/α-hetero) is 1. The van der Waals surface area contributed by atoms with Gasteiger partial charge in [-0.25, -0.2) is 0 Å². The van der Waals surface area contributed by atoms with Crippen LogP contribution in [-0.4, -0.2) is 41.5 Å². The molecule has 1 saturated carbocycles. The van der Waals surface area contributed by atoms with E-state index >= 15 is 0 Å². The number of likely N-dealkylation sites (tertiary alicyclic amines) is 1. The van der Waals surface area contributed by atoms with Crippen molar-refractivity contribution in [1.82, 2.24) is 4.90 Å². The van der Waals surface area contributed by atoms with Crippen molar-refractivity contribution in [2.75, 3.05) is 19.6 Å². The molecule has 14 heavy (non-hydrogen) atoms. The lowest BCUT2D eigenvalue weighted by Gasteiger charge is -2.25. The molecule has 3 heteroatoms. The Labute approximate surface area is 85.1 Å². The van der Waals surface area contributed by atoms with E-state index in [0.717, 1.165) is 45.3 Å². The van der Waals surface area contributed by atoms with Crippen LogP contribution in [0.25, 0.3) is 0 Å². The number of carbonyl (C=O) groups is 1. The summed E-state index contributed by atoms with van der Waals surface area (Å²) in [7, 11) is 0. The van der Waals surface area contributed by atoms with Crippen LogP contribution in [-0.2, 0) is 4.79 Å². The topological polar surface area (TPSA) is 40.5 Å². The summed E-state index contributed by atoms with van der Waals surface area (Å²) in [6, 6.07) is 0. The van der Waals surface area contributed by atoms with Crippen LogP contribution in [0.5, 0.6) is 0 Å². The van der Waals surface area contributed by atoms with Gasteiger partial charge in [0.05, 0.1) is 6.10 Å². The molecule has 1 aliphatic carbocycles. The summed E-state index contributed by atoms with van der Waals surface area (Å²) in [5.41, 5.74) is 0. The number of aliphatic hydroxyl groups excluding tert-OH is 1. The quantitative estimate of drug-likeness (QED) is 0.712. The van der Waals surface area contributed by atoms with Crippen LogP contribution >= 0.6 is 0 Å². The number of rotatable bonds is 2. The molecule has 2 rings (SSSR count). The predicted molar refractivity (Wildman–Crippen MR) is 54.0 cm³/mol. The highest BCUT2D eigenvalue weighted by molar-refractivity contribution is 5.81. The minimum atomic E-state index is -0.159. The van der Waals surface area contributed by atoms with Gasteiger partial charge in [-0.2, -0.15) is 0 Å². The van der Waals surface area contributed by atoms with E-state index in [2.05, 4.69) is 4.90 Å². The summed E-state index contributed by atoms with van der Waals surface area (Å²) in [5.74, 6) is 0.701. The van der Waals surface area contributed by atoms with E-state index in [4.69, 9.17) is 0 Å². The molecular formula is C11H19NO2. The standard InChI is InChI=1S/C11H19NO2/c13-10-5-6-12(8-10)7-9-3-1-2-4-11(9)14/h9-10,13H,1-8H2. The van der Waals surface area contributed by atoms with Gasteiger partial charge in [-0.15, -0.1) is 0 Å². The van der Waals surface area contributed by atoms with E-state index in [1.807, 2.05) is 0 Å². The molecule has 0 radical (unpaired) electrons. The SMILES string of the molecule is O=C1CCCCC1CN1CCC(O)C1. The summed E-state index contributed by atoms with van der Waals surface area (Å²) in [6.07, 6.45) is 4.84. The summed E-state index contributed by atoms with van der Waals surface area (Å²) in [5, 5.41) is 9.37. The second kappa shape index (κ2) is 4.41. The highest BCUT2D eigenvalue weighted by Crippen LogP contribution is 2.22. The molecule has 2 atom stereocenters. The molecule has 1 N–H and O–H groups in total. The molecule has 0 aromatic carbocycles. The molecule has 0 spiro atoms. The van der Waals surface area contributed by atoms with E-state index in [1.165, 1.54) is 6.42 Å². The monoisotopic (exact) mass is 197 g/mol. The first-order chi connectivity index (χ1) is 6.75.